The van der Waals surface area contributed by atoms with Gasteiger partial charge in [-0.3, -0.25) is 4.79 Å². The molecule has 3 aromatic rings. The van der Waals surface area contributed by atoms with Crippen LogP contribution in [0.15, 0.2) is 51.7 Å². The highest BCUT2D eigenvalue weighted by atomic mass is 16.6. The first-order chi connectivity index (χ1) is 12.6. The molecule has 0 radical (unpaired) electrons. The zero-order chi connectivity index (χ0) is 18.1. The molecule has 0 fully saturated rings. The van der Waals surface area contributed by atoms with Crippen LogP contribution in [0, 0.1) is 0 Å². The van der Waals surface area contributed by atoms with Gasteiger partial charge in [0.15, 0.2) is 11.5 Å². The maximum absolute atomic E-state index is 12.7. The number of nitrogens with one attached hydrogen (secondary N) is 1. The number of amides is 1. The fraction of sp³-hybridized carbons (Fsp3) is 0.158. The van der Waals surface area contributed by atoms with Crippen LogP contribution in [0.5, 0.6) is 17.2 Å². The highest BCUT2D eigenvalue weighted by Gasteiger charge is 2.16. The van der Waals surface area contributed by atoms with Gasteiger partial charge in [0.2, 0.25) is 0 Å². The molecule has 0 saturated carbocycles. The quantitative estimate of drug-likeness (QED) is 0.729. The highest BCUT2D eigenvalue weighted by Crippen LogP contribution is 2.33. The third-order valence-corrected chi connectivity index (χ3v) is 4.00. The summed E-state index contributed by atoms with van der Waals surface area (Å²) in [4.78, 5) is 24.5. The summed E-state index contributed by atoms with van der Waals surface area (Å²) in [6.07, 6.45) is 0. The molecule has 1 aromatic heterocycles. The zero-order valence-corrected chi connectivity index (χ0v) is 13.9. The van der Waals surface area contributed by atoms with Crippen LogP contribution in [-0.2, 0) is 0 Å². The fourth-order valence-corrected chi connectivity index (χ4v) is 2.78. The third-order valence-electron chi connectivity index (χ3n) is 4.00. The van der Waals surface area contributed by atoms with Gasteiger partial charge in [-0.2, -0.15) is 0 Å². The first-order valence-corrected chi connectivity index (χ1v) is 7.97. The third kappa shape index (κ3) is 2.95. The van der Waals surface area contributed by atoms with E-state index in [1.54, 1.807) is 36.4 Å². The van der Waals surface area contributed by atoms with Crippen LogP contribution in [-0.4, -0.2) is 26.2 Å². The molecule has 1 aliphatic rings. The second kappa shape index (κ2) is 6.44. The molecule has 0 bridgehead atoms. The van der Waals surface area contributed by atoms with Crippen molar-refractivity contribution in [2.24, 2.45) is 0 Å². The molecule has 1 N–H and O–H groups in total. The summed E-state index contributed by atoms with van der Waals surface area (Å²) >= 11 is 0. The average Bonchev–Trinajstić information content (AvgIpc) is 2.66. The van der Waals surface area contributed by atoms with Gasteiger partial charge in [0.25, 0.3) is 5.91 Å². The van der Waals surface area contributed by atoms with E-state index in [4.69, 9.17) is 18.6 Å². The molecule has 2 heterocycles. The van der Waals surface area contributed by atoms with Crippen molar-refractivity contribution >= 4 is 22.6 Å². The van der Waals surface area contributed by atoms with E-state index >= 15 is 0 Å². The fourth-order valence-electron chi connectivity index (χ4n) is 2.78. The summed E-state index contributed by atoms with van der Waals surface area (Å²) in [7, 11) is 1.51. The Balaban J connectivity index is 1.69. The lowest BCUT2D eigenvalue weighted by Gasteiger charge is -2.19. The van der Waals surface area contributed by atoms with E-state index in [-0.39, 0.29) is 11.1 Å². The van der Waals surface area contributed by atoms with Crippen LogP contribution >= 0.6 is 0 Å². The van der Waals surface area contributed by atoms with Crippen molar-refractivity contribution in [2.45, 2.75) is 0 Å². The summed E-state index contributed by atoms with van der Waals surface area (Å²) < 4.78 is 21.3. The average molecular weight is 353 g/mol. The van der Waals surface area contributed by atoms with E-state index in [0.29, 0.717) is 41.5 Å². The van der Waals surface area contributed by atoms with Crippen molar-refractivity contribution in [1.82, 2.24) is 0 Å². The standard InChI is InChI=1S/C19H15NO6/c1-23-12-3-4-13-14(10-18(21)26-16(13)9-12)19(22)20-11-2-5-15-17(8-11)25-7-6-24-15/h2-5,8-10H,6-7H2,1H3,(H,20,22). The predicted octanol–water partition coefficient (Wildman–Crippen LogP) is 2.83. The monoisotopic (exact) mass is 353 g/mol. The van der Waals surface area contributed by atoms with Gasteiger partial charge >= 0.3 is 5.63 Å². The minimum atomic E-state index is -0.613. The van der Waals surface area contributed by atoms with Gasteiger partial charge in [-0.1, -0.05) is 0 Å². The van der Waals surface area contributed by atoms with Gasteiger partial charge in [-0.05, 0) is 24.3 Å². The molecular formula is C19H15NO6. The maximum Gasteiger partial charge on any atom is 0.337 e. The lowest BCUT2D eigenvalue weighted by atomic mass is 10.1. The van der Waals surface area contributed by atoms with E-state index < -0.39 is 11.5 Å². The zero-order valence-electron chi connectivity index (χ0n) is 13.9. The number of carbonyl (C=O) groups excluding carboxylic acids is 1. The lowest BCUT2D eigenvalue weighted by molar-refractivity contribution is 0.102. The molecule has 0 aliphatic carbocycles. The number of hydrogen-bond acceptors (Lipinski definition) is 6. The highest BCUT2D eigenvalue weighted by molar-refractivity contribution is 6.12. The molecule has 1 aliphatic heterocycles. The van der Waals surface area contributed by atoms with Crippen LogP contribution in [0.25, 0.3) is 11.0 Å². The van der Waals surface area contributed by atoms with E-state index in [1.807, 2.05) is 0 Å². The Kier molecular flexibility index (Phi) is 3.96. The lowest BCUT2D eigenvalue weighted by Crippen LogP contribution is -2.17. The Labute approximate surface area is 148 Å². The minimum absolute atomic E-state index is 0.216. The smallest absolute Gasteiger partial charge is 0.337 e. The molecular weight excluding hydrogens is 338 g/mol. The Bertz CT molecular complexity index is 1060. The summed E-state index contributed by atoms with van der Waals surface area (Å²) in [5.41, 5.74) is 0.421. The Hall–Kier alpha value is -3.48. The largest absolute Gasteiger partial charge is 0.497 e. The number of methoxy groups -OCH3 is 1. The molecule has 2 aromatic carbocycles. The minimum Gasteiger partial charge on any atom is -0.497 e. The van der Waals surface area contributed by atoms with Crippen molar-refractivity contribution in [3.63, 3.8) is 0 Å². The number of rotatable bonds is 3. The molecule has 0 spiro atoms. The van der Waals surface area contributed by atoms with Gasteiger partial charge in [-0.25, -0.2) is 4.79 Å². The molecule has 132 valence electrons. The van der Waals surface area contributed by atoms with Gasteiger partial charge < -0.3 is 23.9 Å². The van der Waals surface area contributed by atoms with Gasteiger partial charge in [-0.15, -0.1) is 0 Å². The summed E-state index contributed by atoms with van der Waals surface area (Å²) in [5.74, 6) is 1.30. The predicted molar refractivity (Wildman–Crippen MR) is 94.4 cm³/mol. The van der Waals surface area contributed by atoms with Gasteiger partial charge in [0, 0.05) is 29.3 Å². The Morgan fingerprint density at radius 3 is 2.65 bits per heavy atom. The molecule has 4 rings (SSSR count). The molecule has 0 unspecified atom stereocenters. The maximum atomic E-state index is 12.7. The SMILES string of the molecule is COc1ccc2c(C(=O)Nc3ccc4c(c3)OCCO4)cc(=O)oc2c1. The number of carbonyl (C=O) groups is 1. The Morgan fingerprint density at radius 2 is 1.85 bits per heavy atom. The van der Waals surface area contributed by atoms with E-state index in [1.165, 1.54) is 13.2 Å². The molecule has 7 heteroatoms. The molecule has 7 nitrogen and oxygen atoms in total. The first kappa shape index (κ1) is 16.0. The van der Waals surface area contributed by atoms with E-state index in [9.17, 15) is 9.59 Å². The van der Waals surface area contributed by atoms with Crippen molar-refractivity contribution in [1.29, 1.82) is 0 Å². The van der Waals surface area contributed by atoms with Crippen LogP contribution in [0.4, 0.5) is 5.69 Å². The summed E-state index contributed by atoms with van der Waals surface area (Å²) in [6.45, 7) is 0.949. The van der Waals surface area contributed by atoms with Crippen LogP contribution in [0.3, 0.4) is 0 Å². The van der Waals surface area contributed by atoms with E-state index in [2.05, 4.69) is 5.32 Å². The Morgan fingerprint density at radius 1 is 1.04 bits per heavy atom. The molecule has 0 atom stereocenters. The van der Waals surface area contributed by atoms with E-state index in [0.717, 1.165) is 0 Å². The number of ether oxygens (including phenoxy) is 3. The number of anilines is 1. The second-order valence-corrected chi connectivity index (χ2v) is 5.65. The number of hydrogen-bond donors (Lipinski definition) is 1. The van der Waals surface area contributed by atoms with Crippen molar-refractivity contribution in [3.05, 3.63) is 58.4 Å². The second-order valence-electron chi connectivity index (χ2n) is 5.65. The molecule has 0 saturated heterocycles. The van der Waals surface area contributed by atoms with Crippen LogP contribution in [0.2, 0.25) is 0 Å². The molecule has 1 amide bonds. The normalized spacial score (nSPS) is 12.7. The summed E-state index contributed by atoms with van der Waals surface area (Å²) in [6, 6.07) is 11.2. The van der Waals surface area contributed by atoms with Crippen molar-refractivity contribution in [2.75, 3.05) is 25.6 Å². The van der Waals surface area contributed by atoms with Crippen LogP contribution in [0.1, 0.15) is 10.4 Å². The van der Waals surface area contributed by atoms with Crippen molar-refractivity contribution in [3.8, 4) is 17.2 Å². The number of fused-ring (bicyclic) bond motifs is 2. The summed E-state index contributed by atoms with van der Waals surface area (Å²) in [5, 5.41) is 3.28. The van der Waals surface area contributed by atoms with Gasteiger partial charge in [0.05, 0.1) is 12.7 Å². The molecule has 26 heavy (non-hydrogen) atoms. The topological polar surface area (TPSA) is 87.0 Å². The number of benzene rings is 2. The van der Waals surface area contributed by atoms with Crippen LogP contribution < -0.4 is 25.2 Å². The van der Waals surface area contributed by atoms with Gasteiger partial charge in [0.1, 0.15) is 24.5 Å². The first-order valence-electron chi connectivity index (χ1n) is 7.97. The van der Waals surface area contributed by atoms with Crippen molar-refractivity contribution < 1.29 is 23.4 Å².